The summed E-state index contributed by atoms with van der Waals surface area (Å²) in [6.07, 6.45) is 7.55. The molecule has 0 atom stereocenters. The van der Waals surface area contributed by atoms with Gasteiger partial charge in [0.1, 0.15) is 5.82 Å². The molecule has 0 heterocycles. The van der Waals surface area contributed by atoms with Gasteiger partial charge in [0.05, 0.1) is 11.3 Å². The molecule has 0 radical (unpaired) electrons. The molecule has 90 valence electrons. The van der Waals surface area contributed by atoms with Crippen LogP contribution in [0.4, 0.5) is 10.1 Å². The lowest BCUT2D eigenvalue weighted by Crippen LogP contribution is -2.05. The van der Waals surface area contributed by atoms with Gasteiger partial charge in [0, 0.05) is 13.0 Å². The van der Waals surface area contributed by atoms with Gasteiger partial charge in [-0.3, -0.25) is 0 Å². The molecule has 0 amide bonds. The highest BCUT2D eigenvalue weighted by molar-refractivity contribution is 5.88. The third-order valence-corrected chi connectivity index (χ3v) is 2.28. The number of anilines is 1. The van der Waals surface area contributed by atoms with Crippen molar-refractivity contribution in [2.45, 2.75) is 19.3 Å². The molecule has 0 bridgehead atoms. The maximum atomic E-state index is 13.4. The van der Waals surface area contributed by atoms with E-state index < -0.39 is 11.8 Å². The van der Waals surface area contributed by atoms with Crippen molar-refractivity contribution >= 4 is 11.7 Å². The van der Waals surface area contributed by atoms with Crippen LogP contribution in [0.15, 0.2) is 18.2 Å². The van der Waals surface area contributed by atoms with Crippen molar-refractivity contribution in [3.63, 3.8) is 0 Å². The van der Waals surface area contributed by atoms with Crippen LogP contribution in [-0.4, -0.2) is 17.6 Å². The van der Waals surface area contributed by atoms with Gasteiger partial charge in [0.15, 0.2) is 0 Å². The van der Waals surface area contributed by atoms with Gasteiger partial charge in [-0.05, 0) is 31.0 Å². The Kier molecular flexibility index (Phi) is 5.02. The minimum Gasteiger partial charge on any atom is -0.478 e. The number of halogens is 1. The fraction of sp³-hybridized carbons (Fsp3) is 0.308. The summed E-state index contributed by atoms with van der Waals surface area (Å²) in [5.74, 6) is 0.842. The molecule has 0 fully saturated rings. The molecule has 1 aromatic rings. The average molecular weight is 235 g/mol. The number of rotatable bonds is 6. The second-order valence-corrected chi connectivity index (χ2v) is 3.59. The maximum Gasteiger partial charge on any atom is 0.335 e. The molecule has 3 nitrogen and oxygen atoms in total. The van der Waals surface area contributed by atoms with E-state index in [1.807, 2.05) is 0 Å². The Hall–Kier alpha value is -2.02. The van der Waals surface area contributed by atoms with Crippen LogP contribution in [0.5, 0.6) is 0 Å². The molecule has 4 heteroatoms. The van der Waals surface area contributed by atoms with Crippen molar-refractivity contribution in [3.8, 4) is 12.3 Å². The number of terminal acetylenes is 1. The van der Waals surface area contributed by atoms with Crippen LogP contribution in [0.2, 0.25) is 0 Å². The molecule has 0 saturated heterocycles. The molecular weight excluding hydrogens is 221 g/mol. The molecule has 0 aliphatic rings. The molecule has 0 aliphatic heterocycles. The average Bonchev–Trinajstić information content (AvgIpc) is 2.30. The fourth-order valence-electron chi connectivity index (χ4n) is 1.37. The Bertz CT molecular complexity index is 438. The number of hydrogen-bond donors (Lipinski definition) is 2. The standard InChI is InChI=1S/C13H14FNO2/c1-2-3-4-5-8-15-12-7-6-10(13(16)17)9-11(12)14/h1,6-7,9,15H,3-5,8H2,(H,16,17). The molecule has 1 aromatic carbocycles. The highest BCUT2D eigenvalue weighted by atomic mass is 19.1. The zero-order valence-electron chi connectivity index (χ0n) is 9.37. The highest BCUT2D eigenvalue weighted by Crippen LogP contribution is 2.15. The SMILES string of the molecule is C#CCCCCNc1ccc(C(=O)O)cc1F. The van der Waals surface area contributed by atoms with Gasteiger partial charge in [-0.1, -0.05) is 0 Å². The van der Waals surface area contributed by atoms with E-state index in [0.29, 0.717) is 18.7 Å². The third-order valence-electron chi connectivity index (χ3n) is 2.28. The van der Waals surface area contributed by atoms with Crippen molar-refractivity contribution in [1.29, 1.82) is 0 Å². The van der Waals surface area contributed by atoms with Crippen LogP contribution in [0.1, 0.15) is 29.6 Å². The topological polar surface area (TPSA) is 49.3 Å². The van der Waals surface area contributed by atoms with Crippen LogP contribution in [0, 0.1) is 18.2 Å². The molecule has 17 heavy (non-hydrogen) atoms. The van der Waals surface area contributed by atoms with Gasteiger partial charge in [-0.2, -0.15) is 0 Å². The van der Waals surface area contributed by atoms with Crippen molar-refractivity contribution in [1.82, 2.24) is 0 Å². The Morgan fingerprint density at radius 1 is 1.47 bits per heavy atom. The Morgan fingerprint density at radius 2 is 2.24 bits per heavy atom. The number of unbranched alkanes of at least 4 members (excludes halogenated alkanes) is 2. The first kappa shape index (κ1) is 13.0. The molecule has 0 aromatic heterocycles. The number of carbonyl (C=O) groups is 1. The number of nitrogens with one attached hydrogen (secondary N) is 1. The van der Waals surface area contributed by atoms with Crippen molar-refractivity contribution in [3.05, 3.63) is 29.6 Å². The number of carboxylic acid groups (broad SMARTS) is 1. The van der Waals surface area contributed by atoms with E-state index in [1.54, 1.807) is 0 Å². The van der Waals surface area contributed by atoms with Crippen LogP contribution >= 0.6 is 0 Å². The van der Waals surface area contributed by atoms with Crippen molar-refractivity contribution < 1.29 is 14.3 Å². The van der Waals surface area contributed by atoms with E-state index in [-0.39, 0.29) is 5.56 Å². The van der Waals surface area contributed by atoms with E-state index in [0.717, 1.165) is 18.9 Å². The largest absolute Gasteiger partial charge is 0.478 e. The molecule has 1 rings (SSSR count). The summed E-state index contributed by atoms with van der Waals surface area (Å²) in [6.45, 7) is 0.616. The summed E-state index contributed by atoms with van der Waals surface area (Å²) >= 11 is 0. The van der Waals surface area contributed by atoms with Crippen LogP contribution in [-0.2, 0) is 0 Å². The van der Waals surface area contributed by atoms with Crippen LogP contribution in [0.25, 0.3) is 0 Å². The number of carboxylic acids is 1. The predicted octanol–water partition coefficient (Wildman–Crippen LogP) is 2.74. The summed E-state index contributed by atoms with van der Waals surface area (Å²) < 4.78 is 13.4. The number of aromatic carboxylic acids is 1. The quantitative estimate of drug-likeness (QED) is 0.588. The van der Waals surface area contributed by atoms with Gasteiger partial charge in [-0.25, -0.2) is 9.18 Å². The van der Waals surface area contributed by atoms with Crippen molar-refractivity contribution in [2.24, 2.45) is 0 Å². The van der Waals surface area contributed by atoms with Gasteiger partial charge in [-0.15, -0.1) is 12.3 Å². The Labute approximate surface area is 99.7 Å². The zero-order valence-corrected chi connectivity index (χ0v) is 9.37. The maximum absolute atomic E-state index is 13.4. The fourth-order valence-corrected chi connectivity index (χ4v) is 1.37. The first-order chi connectivity index (χ1) is 8.15. The second-order valence-electron chi connectivity index (χ2n) is 3.59. The Balaban J connectivity index is 2.50. The minimum atomic E-state index is -1.13. The first-order valence-electron chi connectivity index (χ1n) is 5.35. The lowest BCUT2D eigenvalue weighted by atomic mass is 10.2. The summed E-state index contributed by atoms with van der Waals surface area (Å²) in [6, 6.07) is 3.81. The normalized spacial score (nSPS) is 9.65. The second kappa shape index (κ2) is 6.54. The number of benzene rings is 1. The smallest absolute Gasteiger partial charge is 0.335 e. The lowest BCUT2D eigenvalue weighted by Gasteiger charge is -2.07. The third kappa shape index (κ3) is 4.15. The molecular formula is C13H14FNO2. The first-order valence-corrected chi connectivity index (χ1v) is 5.35. The van der Waals surface area contributed by atoms with Gasteiger partial charge >= 0.3 is 5.97 Å². The number of hydrogen-bond acceptors (Lipinski definition) is 2. The van der Waals surface area contributed by atoms with E-state index in [4.69, 9.17) is 11.5 Å². The van der Waals surface area contributed by atoms with Crippen LogP contribution < -0.4 is 5.32 Å². The van der Waals surface area contributed by atoms with E-state index >= 15 is 0 Å². The monoisotopic (exact) mass is 235 g/mol. The summed E-state index contributed by atoms with van der Waals surface area (Å²) in [4.78, 5) is 10.6. The molecule has 0 spiro atoms. The summed E-state index contributed by atoms with van der Waals surface area (Å²) in [5.41, 5.74) is 0.260. The van der Waals surface area contributed by atoms with Gasteiger partial charge < -0.3 is 10.4 Å². The zero-order chi connectivity index (χ0) is 12.7. The summed E-state index contributed by atoms with van der Waals surface area (Å²) in [5, 5.41) is 11.6. The predicted molar refractivity (Wildman–Crippen MR) is 64.5 cm³/mol. The highest BCUT2D eigenvalue weighted by Gasteiger charge is 2.07. The van der Waals surface area contributed by atoms with Gasteiger partial charge in [0.25, 0.3) is 0 Å². The molecule has 2 N–H and O–H groups in total. The molecule has 0 aliphatic carbocycles. The van der Waals surface area contributed by atoms with E-state index in [9.17, 15) is 9.18 Å². The molecule has 0 saturated carbocycles. The van der Waals surface area contributed by atoms with E-state index in [1.165, 1.54) is 12.1 Å². The molecule has 0 unspecified atom stereocenters. The van der Waals surface area contributed by atoms with Gasteiger partial charge in [0.2, 0.25) is 0 Å². The van der Waals surface area contributed by atoms with E-state index in [2.05, 4.69) is 11.2 Å². The van der Waals surface area contributed by atoms with Crippen LogP contribution in [0.3, 0.4) is 0 Å². The lowest BCUT2D eigenvalue weighted by molar-refractivity contribution is 0.0696. The van der Waals surface area contributed by atoms with Crippen molar-refractivity contribution in [2.75, 3.05) is 11.9 Å². The summed E-state index contributed by atoms with van der Waals surface area (Å²) in [7, 11) is 0. The Morgan fingerprint density at radius 3 is 2.82 bits per heavy atom. The minimum absolute atomic E-state index is 0.0552.